The number of aliphatic imine (C=N–C) groups is 1. The fourth-order valence-corrected chi connectivity index (χ4v) is 3.08. The van der Waals surface area contributed by atoms with Crippen LogP contribution in [0.3, 0.4) is 0 Å². The van der Waals surface area contributed by atoms with Gasteiger partial charge in [-0.25, -0.2) is 0 Å². The van der Waals surface area contributed by atoms with Crippen LogP contribution in [-0.4, -0.2) is 51.7 Å². The lowest BCUT2D eigenvalue weighted by Gasteiger charge is -2.30. The van der Waals surface area contributed by atoms with Gasteiger partial charge in [0.2, 0.25) is 0 Å². The second-order valence-corrected chi connectivity index (χ2v) is 6.39. The Labute approximate surface area is 140 Å². The van der Waals surface area contributed by atoms with E-state index in [-0.39, 0.29) is 0 Å². The largest absolute Gasteiger partial charge is 0.496 e. The van der Waals surface area contributed by atoms with Gasteiger partial charge in [-0.2, -0.15) is 0 Å². The molecule has 2 N–H and O–H groups in total. The fourth-order valence-electron chi connectivity index (χ4n) is 3.08. The van der Waals surface area contributed by atoms with E-state index in [1.807, 2.05) is 7.05 Å². The van der Waals surface area contributed by atoms with Gasteiger partial charge in [-0.05, 0) is 50.9 Å². The van der Waals surface area contributed by atoms with Gasteiger partial charge in [0.25, 0.3) is 0 Å². The van der Waals surface area contributed by atoms with Crippen LogP contribution in [-0.2, 0) is 6.54 Å². The molecule has 1 aromatic carbocycles. The van der Waals surface area contributed by atoms with Crippen molar-refractivity contribution in [2.45, 2.75) is 26.3 Å². The van der Waals surface area contributed by atoms with Crippen molar-refractivity contribution < 1.29 is 4.74 Å². The lowest BCUT2D eigenvalue weighted by molar-refractivity contribution is 0.210. The van der Waals surface area contributed by atoms with Crippen molar-refractivity contribution in [2.24, 2.45) is 10.9 Å². The lowest BCUT2D eigenvalue weighted by atomic mass is 9.99. The van der Waals surface area contributed by atoms with Gasteiger partial charge in [0.1, 0.15) is 5.75 Å². The van der Waals surface area contributed by atoms with Gasteiger partial charge in [0.05, 0.1) is 7.11 Å². The van der Waals surface area contributed by atoms with Crippen LogP contribution in [0.15, 0.2) is 23.2 Å². The summed E-state index contributed by atoms with van der Waals surface area (Å²) in [5.74, 6) is 2.46. The Morgan fingerprint density at radius 3 is 2.91 bits per heavy atom. The minimum Gasteiger partial charge on any atom is -0.496 e. The summed E-state index contributed by atoms with van der Waals surface area (Å²) >= 11 is 0. The number of nitrogens with one attached hydrogen (secondary N) is 2. The second-order valence-electron chi connectivity index (χ2n) is 6.39. The van der Waals surface area contributed by atoms with Crippen LogP contribution in [0.2, 0.25) is 0 Å². The Hall–Kier alpha value is -1.75. The van der Waals surface area contributed by atoms with Crippen LogP contribution in [0.4, 0.5) is 0 Å². The highest BCUT2D eigenvalue weighted by atomic mass is 16.5. The van der Waals surface area contributed by atoms with Crippen LogP contribution in [0, 0.1) is 12.8 Å². The number of rotatable bonds is 5. The number of aryl methyl sites for hydroxylation is 1. The third kappa shape index (κ3) is 5.43. The highest BCUT2D eigenvalue weighted by Crippen LogP contribution is 2.19. The topological polar surface area (TPSA) is 48.9 Å². The van der Waals surface area contributed by atoms with Crippen molar-refractivity contribution in [3.05, 3.63) is 29.3 Å². The first kappa shape index (κ1) is 17.6. The minimum atomic E-state index is 0.696. The Bertz CT molecular complexity index is 530. The van der Waals surface area contributed by atoms with Gasteiger partial charge in [-0.15, -0.1) is 0 Å². The molecule has 1 fully saturated rings. The summed E-state index contributed by atoms with van der Waals surface area (Å²) in [7, 11) is 5.72. The summed E-state index contributed by atoms with van der Waals surface area (Å²) in [6, 6.07) is 6.27. The molecule has 1 aliphatic heterocycles. The Morgan fingerprint density at radius 1 is 1.39 bits per heavy atom. The van der Waals surface area contributed by atoms with Crippen LogP contribution >= 0.6 is 0 Å². The molecule has 0 radical (unpaired) electrons. The number of benzene rings is 1. The molecule has 1 heterocycles. The quantitative estimate of drug-likeness (QED) is 0.644. The molecular weight excluding hydrogens is 288 g/mol. The molecule has 5 heteroatoms. The average Bonchev–Trinajstić information content (AvgIpc) is 2.56. The molecule has 1 unspecified atom stereocenters. The van der Waals surface area contributed by atoms with Gasteiger partial charge < -0.3 is 20.3 Å². The maximum Gasteiger partial charge on any atom is 0.191 e. The summed E-state index contributed by atoms with van der Waals surface area (Å²) in [4.78, 5) is 6.73. The Kier molecular flexibility index (Phi) is 6.71. The molecule has 0 bridgehead atoms. The molecule has 1 saturated heterocycles. The van der Waals surface area contributed by atoms with E-state index in [4.69, 9.17) is 4.74 Å². The van der Waals surface area contributed by atoms with Crippen molar-refractivity contribution >= 4 is 5.96 Å². The second kappa shape index (κ2) is 8.77. The molecular formula is C18H30N4O. The molecule has 0 saturated carbocycles. The van der Waals surface area contributed by atoms with Gasteiger partial charge >= 0.3 is 0 Å². The van der Waals surface area contributed by atoms with E-state index < -0.39 is 0 Å². The van der Waals surface area contributed by atoms with Gasteiger partial charge in [0.15, 0.2) is 5.96 Å². The van der Waals surface area contributed by atoms with E-state index >= 15 is 0 Å². The number of hydrogen-bond donors (Lipinski definition) is 2. The van der Waals surface area contributed by atoms with E-state index in [1.165, 1.54) is 24.9 Å². The number of hydrogen-bond acceptors (Lipinski definition) is 3. The highest BCUT2D eigenvalue weighted by Gasteiger charge is 2.17. The number of likely N-dealkylation sites (tertiary alicyclic amines) is 1. The van der Waals surface area contributed by atoms with E-state index in [2.05, 4.69) is 52.7 Å². The molecule has 1 aromatic rings. The van der Waals surface area contributed by atoms with Gasteiger partial charge in [-0.3, -0.25) is 4.99 Å². The maximum atomic E-state index is 5.45. The molecule has 23 heavy (non-hydrogen) atoms. The monoisotopic (exact) mass is 318 g/mol. The normalized spacial score (nSPS) is 19.5. The number of methoxy groups -OCH3 is 1. The number of ether oxygens (including phenoxy) is 1. The first-order chi connectivity index (χ1) is 11.1. The molecule has 5 nitrogen and oxygen atoms in total. The van der Waals surface area contributed by atoms with Crippen molar-refractivity contribution in [2.75, 3.05) is 40.8 Å². The third-order valence-electron chi connectivity index (χ3n) is 4.39. The predicted octanol–water partition coefficient (Wildman–Crippen LogP) is 2.01. The zero-order valence-corrected chi connectivity index (χ0v) is 14.9. The zero-order chi connectivity index (χ0) is 16.7. The van der Waals surface area contributed by atoms with Crippen molar-refractivity contribution in [3.63, 3.8) is 0 Å². The number of guanidine groups is 1. The first-order valence-electron chi connectivity index (χ1n) is 8.39. The van der Waals surface area contributed by atoms with E-state index in [0.29, 0.717) is 12.5 Å². The van der Waals surface area contributed by atoms with E-state index in [9.17, 15) is 0 Å². The number of nitrogens with zero attached hydrogens (tertiary/aromatic N) is 2. The Morgan fingerprint density at radius 2 is 2.22 bits per heavy atom. The third-order valence-corrected chi connectivity index (χ3v) is 4.39. The SMILES string of the molecule is CN=C(NCc1ccc(C)cc1OC)NCC1CCCN(C)C1. The molecule has 128 valence electrons. The average molecular weight is 318 g/mol. The fraction of sp³-hybridized carbons (Fsp3) is 0.611. The van der Waals surface area contributed by atoms with E-state index in [1.54, 1.807) is 7.11 Å². The summed E-state index contributed by atoms with van der Waals surface area (Å²) < 4.78 is 5.45. The molecule has 2 rings (SSSR count). The lowest BCUT2D eigenvalue weighted by Crippen LogP contribution is -2.43. The van der Waals surface area contributed by atoms with Crippen molar-refractivity contribution in [3.8, 4) is 5.75 Å². The van der Waals surface area contributed by atoms with Crippen LogP contribution in [0.1, 0.15) is 24.0 Å². The highest BCUT2D eigenvalue weighted by molar-refractivity contribution is 5.79. The molecule has 0 spiro atoms. The van der Waals surface area contributed by atoms with Gasteiger partial charge in [0, 0.05) is 32.2 Å². The van der Waals surface area contributed by atoms with Crippen LogP contribution in [0.25, 0.3) is 0 Å². The molecule has 0 amide bonds. The van der Waals surface area contributed by atoms with E-state index in [0.717, 1.165) is 30.4 Å². The van der Waals surface area contributed by atoms with Gasteiger partial charge in [-0.1, -0.05) is 12.1 Å². The zero-order valence-electron chi connectivity index (χ0n) is 14.9. The summed E-state index contributed by atoms with van der Waals surface area (Å²) in [5, 5.41) is 6.83. The minimum absolute atomic E-state index is 0.696. The molecule has 0 aliphatic carbocycles. The molecule has 1 atom stereocenters. The smallest absolute Gasteiger partial charge is 0.191 e. The summed E-state index contributed by atoms with van der Waals surface area (Å²) in [6.07, 6.45) is 2.58. The van der Waals surface area contributed by atoms with Crippen LogP contribution < -0.4 is 15.4 Å². The molecule has 1 aliphatic rings. The molecule has 0 aromatic heterocycles. The summed E-state index contributed by atoms with van der Waals surface area (Å²) in [5.41, 5.74) is 2.34. The summed E-state index contributed by atoms with van der Waals surface area (Å²) in [6.45, 7) is 6.12. The number of piperidine rings is 1. The first-order valence-corrected chi connectivity index (χ1v) is 8.39. The standard InChI is InChI=1S/C18H30N4O/c1-14-7-8-16(17(10-14)23-4)12-21-18(19-2)20-11-15-6-5-9-22(3)13-15/h7-8,10,15H,5-6,9,11-13H2,1-4H3,(H2,19,20,21). The Balaban J connectivity index is 1.83. The predicted molar refractivity (Wildman–Crippen MR) is 96.2 cm³/mol. The van der Waals surface area contributed by atoms with Crippen LogP contribution in [0.5, 0.6) is 5.75 Å². The van der Waals surface area contributed by atoms with Crippen molar-refractivity contribution in [1.82, 2.24) is 15.5 Å². The maximum absolute atomic E-state index is 5.45. The van der Waals surface area contributed by atoms with Crippen molar-refractivity contribution in [1.29, 1.82) is 0 Å².